The number of nitrogens with two attached hydrogens (primary N) is 1. The number of benzene rings is 2. The fourth-order valence-corrected chi connectivity index (χ4v) is 3.84. The highest BCUT2D eigenvalue weighted by molar-refractivity contribution is 14.0. The van der Waals surface area contributed by atoms with Crippen LogP contribution in [0.2, 0.25) is 0 Å². The van der Waals surface area contributed by atoms with Gasteiger partial charge in [-0.2, -0.15) is 0 Å². The van der Waals surface area contributed by atoms with E-state index in [4.69, 9.17) is 5.73 Å². The van der Waals surface area contributed by atoms with Crippen molar-refractivity contribution in [2.24, 2.45) is 10.7 Å². The number of hydrogen-bond acceptors (Lipinski definition) is 4. The van der Waals surface area contributed by atoms with Crippen LogP contribution in [0, 0.1) is 13.8 Å². The minimum atomic E-state index is -4.74. The molecule has 0 aliphatic rings. The van der Waals surface area contributed by atoms with E-state index in [0.717, 1.165) is 5.56 Å². The van der Waals surface area contributed by atoms with Crippen LogP contribution in [0.25, 0.3) is 0 Å². The van der Waals surface area contributed by atoms with Gasteiger partial charge in [0.15, 0.2) is 5.96 Å². The molecular weight excluding hydrogens is 548 g/mol. The highest BCUT2D eigenvalue weighted by Gasteiger charge is 2.30. The Hall–Kier alpha value is -2.06. The van der Waals surface area contributed by atoms with E-state index in [1.165, 1.54) is 24.3 Å². The molecule has 172 valence electrons. The number of sulfonamides is 1. The van der Waals surface area contributed by atoms with Gasteiger partial charge >= 0.3 is 6.36 Å². The summed E-state index contributed by atoms with van der Waals surface area (Å²) in [5, 5.41) is 2.77. The molecule has 0 saturated heterocycles. The Labute approximate surface area is 196 Å². The molecule has 0 aliphatic heterocycles. The molecule has 0 saturated carbocycles. The summed E-state index contributed by atoms with van der Waals surface area (Å²) in [6, 6.07) is 10.4. The van der Waals surface area contributed by atoms with Crippen LogP contribution < -0.4 is 20.5 Å². The summed E-state index contributed by atoms with van der Waals surface area (Å²) in [5.74, 6) is -0.242. The average molecular weight is 572 g/mol. The van der Waals surface area contributed by atoms with Gasteiger partial charge in [0.1, 0.15) is 5.75 Å². The molecule has 7 nitrogen and oxygen atoms in total. The minimum absolute atomic E-state index is 0. The number of aliphatic imine (C=N–C) groups is 1. The Bertz CT molecular complexity index is 997. The zero-order valence-electron chi connectivity index (χ0n) is 16.9. The van der Waals surface area contributed by atoms with Gasteiger partial charge in [0.25, 0.3) is 0 Å². The van der Waals surface area contributed by atoms with Crippen molar-refractivity contribution in [3.63, 3.8) is 0 Å². The van der Waals surface area contributed by atoms with Crippen molar-refractivity contribution in [1.29, 1.82) is 0 Å². The van der Waals surface area contributed by atoms with Crippen molar-refractivity contribution in [3.8, 4) is 5.75 Å². The summed E-state index contributed by atoms with van der Waals surface area (Å²) in [6.45, 7) is 3.97. The highest BCUT2D eigenvalue weighted by Crippen LogP contribution is 2.22. The number of aryl methyl sites for hydroxylation is 2. The monoisotopic (exact) mass is 572 g/mol. The Morgan fingerprint density at radius 1 is 1.10 bits per heavy atom. The third-order valence-electron chi connectivity index (χ3n) is 3.95. The van der Waals surface area contributed by atoms with Gasteiger partial charge in [0, 0.05) is 13.1 Å². The predicted octanol–water partition coefficient (Wildman–Crippen LogP) is 3.20. The number of alkyl halides is 3. The third-order valence-corrected chi connectivity index (χ3v) is 5.55. The molecule has 2 aromatic rings. The van der Waals surface area contributed by atoms with Crippen LogP contribution in [0.4, 0.5) is 13.2 Å². The molecule has 0 amide bonds. The maximum atomic E-state index is 12.4. The van der Waals surface area contributed by atoms with Crippen molar-refractivity contribution in [3.05, 3.63) is 59.2 Å². The fraction of sp³-hybridized carbons (Fsp3) is 0.316. The first kappa shape index (κ1) is 27.0. The van der Waals surface area contributed by atoms with Crippen LogP contribution in [0.15, 0.2) is 52.4 Å². The first-order chi connectivity index (χ1) is 14.0. The number of guanidine groups is 1. The van der Waals surface area contributed by atoms with Gasteiger partial charge in [-0.1, -0.05) is 24.3 Å². The van der Waals surface area contributed by atoms with Crippen LogP contribution in [0.3, 0.4) is 0 Å². The molecule has 0 bridgehead atoms. The van der Waals surface area contributed by atoms with Crippen LogP contribution in [0.5, 0.6) is 5.75 Å². The van der Waals surface area contributed by atoms with Crippen LogP contribution in [-0.4, -0.2) is 33.8 Å². The number of nitrogens with zero attached hydrogens (tertiary/aromatic N) is 1. The van der Waals surface area contributed by atoms with E-state index in [0.29, 0.717) is 11.1 Å². The Morgan fingerprint density at radius 3 is 2.35 bits per heavy atom. The number of hydrogen-bond donors (Lipinski definition) is 3. The first-order valence-electron chi connectivity index (χ1n) is 8.92. The standard InChI is InChI=1S/C19H23F3N4O3S.HI/c1-13-3-4-14(2)17(11-13)30(27,28)26-10-9-24-18(23)25-12-15-5-7-16(8-6-15)29-19(20,21)22;/h3-8,11,26H,9-10,12H2,1-2H3,(H3,23,24,25);1H. The van der Waals surface area contributed by atoms with Crippen LogP contribution in [-0.2, 0) is 16.6 Å². The fourth-order valence-electron chi connectivity index (χ4n) is 2.48. The van der Waals surface area contributed by atoms with Crippen molar-refractivity contribution in [2.45, 2.75) is 31.7 Å². The quantitative estimate of drug-likeness (QED) is 0.195. The topological polar surface area (TPSA) is 106 Å². The van der Waals surface area contributed by atoms with Crippen molar-refractivity contribution in [2.75, 3.05) is 13.1 Å². The number of nitrogens with one attached hydrogen (secondary N) is 2. The number of halogens is 4. The molecule has 0 radical (unpaired) electrons. The normalized spacial score (nSPS) is 12.2. The predicted molar refractivity (Wildman–Crippen MR) is 123 cm³/mol. The maximum absolute atomic E-state index is 12.4. The lowest BCUT2D eigenvalue weighted by atomic mass is 10.2. The maximum Gasteiger partial charge on any atom is 0.573 e. The van der Waals surface area contributed by atoms with E-state index in [1.54, 1.807) is 19.1 Å². The van der Waals surface area contributed by atoms with E-state index >= 15 is 0 Å². The third kappa shape index (κ3) is 9.31. The van der Waals surface area contributed by atoms with Gasteiger partial charge in [-0.05, 0) is 48.7 Å². The number of rotatable bonds is 8. The van der Waals surface area contributed by atoms with E-state index in [2.05, 4.69) is 19.8 Å². The smallest absolute Gasteiger partial charge is 0.406 e. The van der Waals surface area contributed by atoms with Gasteiger partial charge in [0.05, 0.1) is 11.4 Å². The summed E-state index contributed by atoms with van der Waals surface area (Å²) in [5.41, 5.74) is 7.85. The molecule has 0 fully saturated rings. The second-order valence-corrected chi connectivity index (χ2v) is 8.22. The molecule has 0 aromatic heterocycles. The van der Waals surface area contributed by atoms with E-state index in [-0.39, 0.29) is 60.2 Å². The highest BCUT2D eigenvalue weighted by atomic mass is 127. The molecule has 0 spiro atoms. The number of ether oxygens (including phenoxy) is 1. The molecule has 0 aliphatic carbocycles. The molecule has 0 heterocycles. The zero-order chi connectivity index (χ0) is 22.4. The van der Waals surface area contributed by atoms with Gasteiger partial charge < -0.3 is 15.8 Å². The zero-order valence-corrected chi connectivity index (χ0v) is 20.0. The van der Waals surface area contributed by atoms with Crippen molar-refractivity contribution < 1.29 is 26.3 Å². The van der Waals surface area contributed by atoms with Gasteiger partial charge in [0.2, 0.25) is 10.0 Å². The van der Waals surface area contributed by atoms with Crippen LogP contribution >= 0.6 is 24.0 Å². The Morgan fingerprint density at radius 2 is 1.74 bits per heavy atom. The summed E-state index contributed by atoms with van der Waals surface area (Å²) in [6.07, 6.45) is -4.74. The molecule has 0 unspecified atom stereocenters. The van der Waals surface area contributed by atoms with Crippen molar-refractivity contribution >= 4 is 40.0 Å². The second-order valence-electron chi connectivity index (χ2n) is 6.49. The molecule has 31 heavy (non-hydrogen) atoms. The van der Waals surface area contributed by atoms with E-state index in [9.17, 15) is 21.6 Å². The van der Waals surface area contributed by atoms with Crippen molar-refractivity contribution in [1.82, 2.24) is 10.0 Å². The van der Waals surface area contributed by atoms with Crippen LogP contribution in [0.1, 0.15) is 16.7 Å². The molecule has 4 N–H and O–H groups in total. The summed E-state index contributed by atoms with van der Waals surface area (Å²) in [4.78, 5) is 4.28. The minimum Gasteiger partial charge on any atom is -0.406 e. The summed E-state index contributed by atoms with van der Waals surface area (Å²) < 4.78 is 67.5. The molecule has 0 atom stereocenters. The SMILES string of the molecule is Cc1ccc(C)c(S(=O)(=O)NCCNC(N)=NCc2ccc(OC(F)(F)F)cc2)c1.I. The second kappa shape index (κ2) is 11.5. The Balaban J connectivity index is 0.00000480. The van der Waals surface area contributed by atoms with E-state index < -0.39 is 16.4 Å². The summed E-state index contributed by atoms with van der Waals surface area (Å²) >= 11 is 0. The first-order valence-corrected chi connectivity index (χ1v) is 10.4. The Kier molecular flexibility index (Phi) is 10.0. The lowest BCUT2D eigenvalue weighted by molar-refractivity contribution is -0.274. The lowest BCUT2D eigenvalue weighted by Gasteiger charge is -2.11. The average Bonchev–Trinajstić information content (AvgIpc) is 2.65. The van der Waals surface area contributed by atoms with Gasteiger partial charge in [-0.15, -0.1) is 37.1 Å². The molecule has 2 rings (SSSR count). The molecular formula is C19H24F3IN4O3S. The largest absolute Gasteiger partial charge is 0.573 e. The van der Waals surface area contributed by atoms with Gasteiger partial charge in [-0.25, -0.2) is 18.1 Å². The summed E-state index contributed by atoms with van der Waals surface area (Å²) in [7, 11) is -3.65. The van der Waals surface area contributed by atoms with E-state index in [1.807, 2.05) is 13.0 Å². The lowest BCUT2D eigenvalue weighted by Crippen LogP contribution is -2.38. The van der Waals surface area contributed by atoms with Gasteiger partial charge in [-0.3, -0.25) is 0 Å². The molecule has 2 aromatic carbocycles. The molecule has 12 heteroatoms.